The summed E-state index contributed by atoms with van der Waals surface area (Å²) in [4.78, 5) is 3.96. The average molecular weight is 277 g/mol. The van der Waals surface area contributed by atoms with Gasteiger partial charge < -0.3 is 9.47 Å². The predicted octanol–water partition coefficient (Wildman–Crippen LogP) is 3.65. The van der Waals surface area contributed by atoms with Crippen LogP contribution in [0.5, 0.6) is 17.0 Å². The van der Waals surface area contributed by atoms with Crippen LogP contribution < -0.4 is 9.47 Å². The lowest BCUT2D eigenvalue weighted by Gasteiger charge is -2.03. The number of halogens is 2. The molecule has 16 heavy (non-hydrogen) atoms. The number of ether oxygens (including phenoxy) is 2. The lowest BCUT2D eigenvalue weighted by atomic mass is 10.3. The van der Waals surface area contributed by atoms with Crippen molar-refractivity contribution in [2.24, 2.45) is 0 Å². The van der Waals surface area contributed by atoms with E-state index in [-0.39, 0.29) is 6.01 Å². The second-order valence-electron chi connectivity index (χ2n) is 2.70. The highest BCUT2D eigenvalue weighted by Crippen LogP contribution is 2.35. The maximum atomic E-state index is 5.95. The lowest BCUT2D eigenvalue weighted by Crippen LogP contribution is -1.86. The van der Waals surface area contributed by atoms with Crippen molar-refractivity contribution < 1.29 is 9.47 Å². The molecule has 0 spiro atoms. The van der Waals surface area contributed by atoms with Crippen molar-refractivity contribution in [2.75, 3.05) is 7.11 Å². The van der Waals surface area contributed by atoms with Gasteiger partial charge >= 0.3 is 11.2 Å². The van der Waals surface area contributed by atoms with Crippen LogP contribution >= 0.6 is 34.7 Å². The van der Waals surface area contributed by atoms with E-state index >= 15 is 0 Å². The number of nitrogens with zero attached hydrogens (tertiary/aromatic N) is 2. The van der Waals surface area contributed by atoms with Crippen molar-refractivity contribution in [3.8, 4) is 17.0 Å². The lowest BCUT2D eigenvalue weighted by molar-refractivity contribution is 0.378. The summed E-state index contributed by atoms with van der Waals surface area (Å²) in [5, 5.41) is 1.12. The number of hydrogen-bond acceptors (Lipinski definition) is 5. The minimum atomic E-state index is 0.262. The topological polar surface area (TPSA) is 44.2 Å². The average Bonchev–Trinajstić information content (AvgIpc) is 2.73. The zero-order chi connectivity index (χ0) is 11.5. The first kappa shape index (κ1) is 11.4. The molecule has 7 heteroatoms. The molecular formula is C9H6Cl2N2O2S. The molecule has 0 fully saturated rings. The van der Waals surface area contributed by atoms with Crippen molar-refractivity contribution in [3.05, 3.63) is 28.2 Å². The number of hydrogen-bond donors (Lipinski definition) is 0. The third kappa shape index (κ3) is 2.37. The Morgan fingerprint density at radius 1 is 1.31 bits per heavy atom. The van der Waals surface area contributed by atoms with E-state index in [1.807, 2.05) is 0 Å². The van der Waals surface area contributed by atoms with E-state index in [1.165, 1.54) is 7.11 Å². The quantitative estimate of drug-likeness (QED) is 0.859. The molecular weight excluding hydrogens is 271 g/mol. The van der Waals surface area contributed by atoms with E-state index in [2.05, 4.69) is 9.36 Å². The van der Waals surface area contributed by atoms with Gasteiger partial charge in [0.05, 0.1) is 12.1 Å². The Labute approximate surface area is 106 Å². The predicted molar refractivity (Wildman–Crippen MR) is 63.0 cm³/mol. The van der Waals surface area contributed by atoms with Crippen LogP contribution in [0.1, 0.15) is 0 Å². The third-order valence-corrected chi connectivity index (χ3v) is 3.06. The van der Waals surface area contributed by atoms with Gasteiger partial charge in [0, 0.05) is 11.5 Å². The van der Waals surface area contributed by atoms with Crippen molar-refractivity contribution in [3.63, 3.8) is 0 Å². The minimum absolute atomic E-state index is 0.262. The molecule has 0 N–H and O–H groups in total. The normalized spacial score (nSPS) is 10.2. The van der Waals surface area contributed by atoms with Gasteiger partial charge in [0.15, 0.2) is 5.75 Å². The molecule has 0 bridgehead atoms. The Bertz CT molecular complexity index is 504. The first-order valence-corrected chi connectivity index (χ1v) is 5.73. The van der Waals surface area contributed by atoms with Crippen molar-refractivity contribution in [1.29, 1.82) is 0 Å². The summed E-state index contributed by atoms with van der Waals surface area (Å²) in [5.41, 5.74) is 0. The van der Waals surface area contributed by atoms with Crippen LogP contribution in [-0.4, -0.2) is 16.5 Å². The van der Waals surface area contributed by atoms with Crippen LogP contribution in [0.3, 0.4) is 0 Å². The van der Waals surface area contributed by atoms with Gasteiger partial charge in [-0.2, -0.15) is 0 Å². The van der Waals surface area contributed by atoms with Gasteiger partial charge in [-0.15, -0.1) is 9.36 Å². The fourth-order valence-electron chi connectivity index (χ4n) is 0.978. The highest BCUT2D eigenvalue weighted by atomic mass is 35.5. The number of rotatable bonds is 3. The van der Waals surface area contributed by atoms with Crippen molar-refractivity contribution >= 4 is 34.7 Å². The molecule has 0 aliphatic carbocycles. The van der Waals surface area contributed by atoms with E-state index in [0.29, 0.717) is 21.0 Å². The van der Waals surface area contributed by atoms with Crippen LogP contribution in [0.2, 0.25) is 10.0 Å². The monoisotopic (exact) mass is 276 g/mol. The number of benzene rings is 1. The molecule has 0 amide bonds. The van der Waals surface area contributed by atoms with Gasteiger partial charge in [0.2, 0.25) is 0 Å². The first-order valence-electron chi connectivity index (χ1n) is 4.20. The van der Waals surface area contributed by atoms with Crippen LogP contribution in [0, 0.1) is 0 Å². The zero-order valence-corrected chi connectivity index (χ0v) is 10.4. The summed E-state index contributed by atoms with van der Waals surface area (Å²) in [6.07, 6.45) is 0. The van der Waals surface area contributed by atoms with Crippen LogP contribution in [0.25, 0.3) is 0 Å². The summed E-state index contributed by atoms with van der Waals surface area (Å²) in [6.45, 7) is 0. The van der Waals surface area contributed by atoms with E-state index in [4.69, 9.17) is 32.7 Å². The summed E-state index contributed by atoms with van der Waals surface area (Å²) < 4.78 is 14.1. The SMILES string of the molecule is COc1nsc(Oc2cccc(Cl)c2Cl)n1. The largest absolute Gasteiger partial charge is 0.466 e. The Kier molecular flexibility index (Phi) is 3.48. The molecule has 2 aromatic rings. The van der Waals surface area contributed by atoms with E-state index < -0.39 is 0 Å². The minimum Gasteiger partial charge on any atom is -0.466 e. The van der Waals surface area contributed by atoms with Crippen LogP contribution in [0.4, 0.5) is 0 Å². The van der Waals surface area contributed by atoms with E-state index in [9.17, 15) is 0 Å². The van der Waals surface area contributed by atoms with Gasteiger partial charge in [-0.25, -0.2) is 0 Å². The van der Waals surface area contributed by atoms with E-state index in [1.54, 1.807) is 18.2 Å². The first-order chi connectivity index (χ1) is 7.70. The molecule has 0 saturated heterocycles. The molecule has 0 radical (unpaired) electrons. The molecule has 0 aliphatic heterocycles. The second kappa shape index (κ2) is 4.86. The summed E-state index contributed by atoms with van der Waals surface area (Å²) in [7, 11) is 1.48. The van der Waals surface area contributed by atoms with Gasteiger partial charge in [0.1, 0.15) is 5.02 Å². The third-order valence-electron chi connectivity index (χ3n) is 1.68. The molecule has 1 aromatic carbocycles. The fraction of sp³-hybridized carbons (Fsp3) is 0.111. The maximum Gasteiger partial charge on any atom is 0.331 e. The molecule has 0 saturated carbocycles. The molecule has 0 aliphatic rings. The fourth-order valence-corrected chi connectivity index (χ4v) is 1.83. The molecule has 1 aromatic heterocycles. The number of methoxy groups -OCH3 is 1. The van der Waals surface area contributed by atoms with Gasteiger partial charge in [0.25, 0.3) is 0 Å². The van der Waals surface area contributed by atoms with Gasteiger partial charge in [-0.1, -0.05) is 29.3 Å². The Morgan fingerprint density at radius 3 is 2.81 bits per heavy atom. The maximum absolute atomic E-state index is 5.95. The van der Waals surface area contributed by atoms with Crippen LogP contribution in [-0.2, 0) is 0 Å². The molecule has 4 nitrogen and oxygen atoms in total. The smallest absolute Gasteiger partial charge is 0.331 e. The number of aromatic nitrogens is 2. The Balaban J connectivity index is 2.23. The van der Waals surface area contributed by atoms with E-state index in [0.717, 1.165) is 11.5 Å². The van der Waals surface area contributed by atoms with Crippen LogP contribution in [0.15, 0.2) is 18.2 Å². The summed E-state index contributed by atoms with van der Waals surface area (Å²) >= 11 is 12.9. The molecule has 2 rings (SSSR count). The van der Waals surface area contributed by atoms with Gasteiger partial charge in [-0.05, 0) is 12.1 Å². The Morgan fingerprint density at radius 2 is 2.12 bits per heavy atom. The second-order valence-corrected chi connectivity index (χ2v) is 4.20. The zero-order valence-electron chi connectivity index (χ0n) is 8.11. The molecule has 1 heterocycles. The summed E-state index contributed by atoms with van der Waals surface area (Å²) in [6, 6.07) is 5.37. The molecule has 0 atom stereocenters. The van der Waals surface area contributed by atoms with Gasteiger partial charge in [-0.3, -0.25) is 0 Å². The highest BCUT2D eigenvalue weighted by Gasteiger charge is 2.10. The Hall–Kier alpha value is -1.04. The standard InChI is InChI=1S/C9H6Cl2N2O2S/c1-14-8-12-9(16-13-8)15-6-4-2-3-5(10)7(6)11/h2-4H,1H3. The molecule has 0 unspecified atom stereocenters. The molecule has 84 valence electrons. The highest BCUT2D eigenvalue weighted by molar-refractivity contribution is 7.07. The van der Waals surface area contributed by atoms with Crippen molar-refractivity contribution in [2.45, 2.75) is 0 Å². The summed E-state index contributed by atoms with van der Waals surface area (Å²) in [5.74, 6) is 0.438. The van der Waals surface area contributed by atoms with Crippen molar-refractivity contribution in [1.82, 2.24) is 9.36 Å².